The molecule has 1 aliphatic rings. The molecule has 136 valence electrons. The number of hydrogen-bond donors (Lipinski definition) is 2. The monoisotopic (exact) mass is 358 g/mol. The number of halogens is 3. The summed E-state index contributed by atoms with van der Waals surface area (Å²) in [6, 6.07) is -0.0973. The molecule has 1 saturated heterocycles. The van der Waals surface area contributed by atoms with Crippen molar-refractivity contribution in [2.24, 2.45) is 10.9 Å². The van der Waals surface area contributed by atoms with Gasteiger partial charge in [-0.25, -0.2) is 8.42 Å². The van der Waals surface area contributed by atoms with Crippen molar-refractivity contribution in [2.75, 3.05) is 26.7 Å². The van der Waals surface area contributed by atoms with Crippen LogP contribution in [0.25, 0.3) is 0 Å². The smallest absolute Gasteiger partial charge is 0.356 e. The Bertz CT molecular complexity index is 498. The number of nitrogens with one attached hydrogen (secondary N) is 2. The average molecular weight is 358 g/mol. The van der Waals surface area contributed by atoms with Gasteiger partial charge in [-0.05, 0) is 25.2 Å². The quantitative estimate of drug-likeness (QED) is 0.577. The predicted molar refractivity (Wildman–Crippen MR) is 83.5 cm³/mol. The van der Waals surface area contributed by atoms with Gasteiger partial charge in [0.1, 0.15) is 0 Å². The fraction of sp³-hybridized carbons (Fsp3) is 0.923. The van der Waals surface area contributed by atoms with Gasteiger partial charge in [0, 0.05) is 32.7 Å². The molecule has 0 spiro atoms. The van der Waals surface area contributed by atoms with Gasteiger partial charge in [-0.3, -0.25) is 4.99 Å². The number of hydrogen-bond acceptors (Lipinski definition) is 3. The summed E-state index contributed by atoms with van der Waals surface area (Å²) in [5.74, 6) is 1.14. The van der Waals surface area contributed by atoms with E-state index >= 15 is 0 Å². The molecule has 0 aromatic rings. The van der Waals surface area contributed by atoms with E-state index < -0.39 is 15.5 Å². The topological polar surface area (TPSA) is 73.8 Å². The fourth-order valence-corrected chi connectivity index (χ4v) is 3.24. The zero-order chi connectivity index (χ0) is 17.7. The Balaban J connectivity index is 2.47. The van der Waals surface area contributed by atoms with E-state index in [1.54, 1.807) is 7.05 Å². The van der Waals surface area contributed by atoms with Crippen molar-refractivity contribution in [3.05, 3.63) is 0 Å². The number of guanidine groups is 1. The largest absolute Gasteiger partial charge is 0.511 e. The van der Waals surface area contributed by atoms with Crippen molar-refractivity contribution in [1.82, 2.24) is 14.9 Å². The minimum absolute atomic E-state index is 0.0973. The van der Waals surface area contributed by atoms with Gasteiger partial charge in [-0.1, -0.05) is 13.8 Å². The van der Waals surface area contributed by atoms with E-state index in [1.807, 2.05) is 0 Å². The SMILES string of the molecule is CN=C(NCCC(C)C)NC1CCN(S(=O)(=O)C(F)(F)F)CC1. The molecule has 0 aromatic carbocycles. The Kier molecular flexibility index (Phi) is 7.12. The number of piperidine rings is 1. The van der Waals surface area contributed by atoms with Crippen molar-refractivity contribution in [2.45, 2.75) is 44.7 Å². The van der Waals surface area contributed by atoms with E-state index in [9.17, 15) is 21.6 Å². The second kappa shape index (κ2) is 8.18. The van der Waals surface area contributed by atoms with Gasteiger partial charge in [0.05, 0.1) is 0 Å². The summed E-state index contributed by atoms with van der Waals surface area (Å²) < 4.78 is 60.7. The number of nitrogens with zero attached hydrogens (tertiary/aromatic N) is 2. The molecule has 0 unspecified atom stereocenters. The molecule has 10 heteroatoms. The first kappa shape index (κ1) is 20.0. The molecule has 0 aliphatic carbocycles. The van der Waals surface area contributed by atoms with Crippen LogP contribution in [0.15, 0.2) is 4.99 Å². The van der Waals surface area contributed by atoms with Crippen LogP contribution >= 0.6 is 0 Å². The summed E-state index contributed by atoms with van der Waals surface area (Å²) in [5, 5.41) is 6.27. The van der Waals surface area contributed by atoms with Gasteiger partial charge < -0.3 is 10.6 Å². The second-order valence-corrected chi connectivity index (χ2v) is 7.88. The molecule has 0 bridgehead atoms. The van der Waals surface area contributed by atoms with Crippen LogP contribution in [0.5, 0.6) is 0 Å². The number of sulfonamides is 1. The van der Waals surface area contributed by atoms with Crippen molar-refractivity contribution in [3.8, 4) is 0 Å². The standard InChI is InChI=1S/C13H25F3N4O2S/c1-10(2)4-7-18-12(17-3)19-11-5-8-20(9-6-11)23(21,22)13(14,15)16/h10-11H,4-9H2,1-3H3,(H2,17,18,19). The van der Waals surface area contributed by atoms with Crippen LogP contribution < -0.4 is 10.6 Å². The average Bonchev–Trinajstić information content (AvgIpc) is 2.45. The summed E-state index contributed by atoms with van der Waals surface area (Å²) in [5.41, 5.74) is -5.23. The van der Waals surface area contributed by atoms with Crippen LogP contribution in [0.1, 0.15) is 33.1 Å². The second-order valence-electron chi connectivity index (χ2n) is 5.95. The minimum Gasteiger partial charge on any atom is -0.356 e. The molecule has 1 fully saturated rings. The molecule has 6 nitrogen and oxygen atoms in total. The van der Waals surface area contributed by atoms with Gasteiger partial charge in [0.2, 0.25) is 0 Å². The van der Waals surface area contributed by atoms with Crippen LogP contribution in [0.3, 0.4) is 0 Å². The van der Waals surface area contributed by atoms with Crippen molar-refractivity contribution in [3.63, 3.8) is 0 Å². The molecule has 1 aliphatic heterocycles. The van der Waals surface area contributed by atoms with E-state index in [0.29, 0.717) is 29.0 Å². The van der Waals surface area contributed by atoms with Crippen LogP contribution in [-0.4, -0.2) is 56.9 Å². The maximum absolute atomic E-state index is 12.5. The molecule has 0 radical (unpaired) electrons. The molecule has 1 heterocycles. The molecule has 23 heavy (non-hydrogen) atoms. The van der Waals surface area contributed by atoms with Crippen molar-refractivity contribution in [1.29, 1.82) is 0 Å². The third-order valence-electron chi connectivity index (χ3n) is 3.66. The number of aliphatic imine (C=N–C) groups is 1. The van der Waals surface area contributed by atoms with E-state index in [2.05, 4.69) is 29.5 Å². The first-order chi connectivity index (χ1) is 10.6. The van der Waals surface area contributed by atoms with E-state index in [4.69, 9.17) is 0 Å². The van der Waals surface area contributed by atoms with Crippen LogP contribution in [0.2, 0.25) is 0 Å². The third-order valence-corrected chi connectivity index (χ3v) is 5.29. The highest BCUT2D eigenvalue weighted by Gasteiger charge is 2.50. The summed E-state index contributed by atoms with van der Waals surface area (Å²) >= 11 is 0. The van der Waals surface area contributed by atoms with Crippen molar-refractivity contribution < 1.29 is 21.6 Å². The van der Waals surface area contributed by atoms with Crippen molar-refractivity contribution >= 4 is 16.0 Å². The van der Waals surface area contributed by atoms with Gasteiger partial charge in [0.25, 0.3) is 0 Å². The first-order valence-electron chi connectivity index (χ1n) is 7.61. The van der Waals surface area contributed by atoms with Crippen LogP contribution in [0, 0.1) is 5.92 Å². The molecule has 1 rings (SSSR count). The molecule has 2 N–H and O–H groups in total. The van der Waals surface area contributed by atoms with E-state index in [-0.39, 0.29) is 19.1 Å². The molecule has 0 atom stereocenters. The molecule has 0 saturated carbocycles. The van der Waals surface area contributed by atoms with Gasteiger partial charge in [-0.15, -0.1) is 0 Å². The van der Waals surface area contributed by atoms with E-state index in [1.165, 1.54) is 0 Å². The molecule has 0 aromatic heterocycles. The third kappa shape index (κ3) is 5.83. The maximum atomic E-state index is 12.5. The summed E-state index contributed by atoms with van der Waals surface area (Å²) in [7, 11) is -3.60. The predicted octanol–water partition coefficient (Wildman–Crippen LogP) is 1.51. The Morgan fingerprint density at radius 3 is 2.30 bits per heavy atom. The molecule has 0 amide bonds. The highest BCUT2D eigenvalue weighted by molar-refractivity contribution is 7.90. The fourth-order valence-electron chi connectivity index (χ4n) is 2.25. The summed E-state index contributed by atoms with van der Waals surface area (Å²) in [6.45, 7) is 4.66. The summed E-state index contributed by atoms with van der Waals surface area (Å²) in [4.78, 5) is 4.07. The Hall–Kier alpha value is -1.03. The summed E-state index contributed by atoms with van der Waals surface area (Å²) in [6.07, 6.45) is 1.59. The molecular weight excluding hydrogens is 333 g/mol. The lowest BCUT2D eigenvalue weighted by molar-refractivity contribution is -0.0494. The Morgan fingerprint density at radius 1 is 1.30 bits per heavy atom. The van der Waals surface area contributed by atoms with Gasteiger partial charge in [-0.2, -0.15) is 17.5 Å². The first-order valence-corrected chi connectivity index (χ1v) is 9.05. The van der Waals surface area contributed by atoms with Gasteiger partial charge in [0.15, 0.2) is 5.96 Å². The normalized spacial score (nSPS) is 19.2. The van der Waals surface area contributed by atoms with E-state index in [0.717, 1.165) is 13.0 Å². The Morgan fingerprint density at radius 2 is 1.87 bits per heavy atom. The lowest BCUT2D eigenvalue weighted by Crippen LogP contribution is -2.51. The number of rotatable bonds is 5. The van der Waals surface area contributed by atoms with Gasteiger partial charge >= 0.3 is 15.5 Å². The zero-order valence-electron chi connectivity index (χ0n) is 13.7. The van der Waals surface area contributed by atoms with Crippen LogP contribution in [0.4, 0.5) is 13.2 Å². The lowest BCUT2D eigenvalue weighted by Gasteiger charge is -2.32. The maximum Gasteiger partial charge on any atom is 0.511 e. The lowest BCUT2D eigenvalue weighted by atomic mass is 10.1. The zero-order valence-corrected chi connectivity index (χ0v) is 14.5. The highest BCUT2D eigenvalue weighted by Crippen LogP contribution is 2.28. The van der Waals surface area contributed by atoms with Crippen LogP contribution in [-0.2, 0) is 10.0 Å². The Labute approximate surface area is 135 Å². The highest BCUT2D eigenvalue weighted by atomic mass is 32.2. The minimum atomic E-state index is -5.23. The molecular formula is C13H25F3N4O2S. The number of alkyl halides is 3.